The number of amides is 1. The predicted molar refractivity (Wildman–Crippen MR) is 112 cm³/mol. The standard InChI is InChI=1S/C20H25N7O2/c1-12-7-6-8-14-9-15(11-29-20-23-13(2)22-19(21)25-20)18(24-17(12)14)27(5)10-16(28)26(3)4/h6-9H,10-11H2,1-5H3,(H2,21,22,23,25). The van der Waals surface area contributed by atoms with Crippen LogP contribution in [0.1, 0.15) is 17.0 Å². The van der Waals surface area contributed by atoms with E-state index >= 15 is 0 Å². The average Bonchev–Trinajstić information content (AvgIpc) is 2.65. The molecule has 29 heavy (non-hydrogen) atoms. The van der Waals surface area contributed by atoms with Gasteiger partial charge in [-0.3, -0.25) is 4.79 Å². The molecule has 0 radical (unpaired) electrons. The molecule has 0 aliphatic rings. The summed E-state index contributed by atoms with van der Waals surface area (Å²) in [5.41, 5.74) is 8.43. The van der Waals surface area contributed by atoms with Gasteiger partial charge in [-0.25, -0.2) is 4.98 Å². The van der Waals surface area contributed by atoms with Crippen molar-refractivity contribution in [3.63, 3.8) is 0 Å². The van der Waals surface area contributed by atoms with Crippen LogP contribution in [0.25, 0.3) is 10.9 Å². The number of likely N-dealkylation sites (N-methyl/N-ethyl adjacent to an activating group) is 2. The van der Waals surface area contributed by atoms with Crippen LogP contribution in [0.5, 0.6) is 6.01 Å². The number of nitrogens with zero attached hydrogens (tertiary/aromatic N) is 6. The highest BCUT2D eigenvalue weighted by Gasteiger charge is 2.17. The van der Waals surface area contributed by atoms with Crippen molar-refractivity contribution in [1.29, 1.82) is 0 Å². The van der Waals surface area contributed by atoms with Crippen LogP contribution in [0.4, 0.5) is 11.8 Å². The lowest BCUT2D eigenvalue weighted by Gasteiger charge is -2.23. The van der Waals surface area contributed by atoms with E-state index in [1.165, 1.54) is 0 Å². The fourth-order valence-corrected chi connectivity index (χ4v) is 2.92. The van der Waals surface area contributed by atoms with Crippen molar-refractivity contribution >= 4 is 28.6 Å². The van der Waals surface area contributed by atoms with E-state index in [-0.39, 0.29) is 31.0 Å². The van der Waals surface area contributed by atoms with Gasteiger partial charge >= 0.3 is 6.01 Å². The topological polar surface area (TPSA) is 110 Å². The molecule has 2 heterocycles. The molecule has 0 saturated carbocycles. The molecule has 1 amide bonds. The Kier molecular flexibility index (Phi) is 5.76. The van der Waals surface area contributed by atoms with Crippen LogP contribution in [-0.2, 0) is 11.4 Å². The van der Waals surface area contributed by atoms with Gasteiger partial charge in [0, 0.05) is 32.1 Å². The van der Waals surface area contributed by atoms with Gasteiger partial charge in [0.1, 0.15) is 18.2 Å². The van der Waals surface area contributed by atoms with Gasteiger partial charge in [-0.2, -0.15) is 15.0 Å². The van der Waals surface area contributed by atoms with Crippen molar-refractivity contribution in [3.8, 4) is 6.01 Å². The molecule has 2 aromatic heterocycles. The lowest BCUT2D eigenvalue weighted by atomic mass is 10.1. The molecule has 0 aliphatic carbocycles. The van der Waals surface area contributed by atoms with Crippen molar-refractivity contribution in [2.75, 3.05) is 38.3 Å². The Morgan fingerprint density at radius 2 is 1.86 bits per heavy atom. The summed E-state index contributed by atoms with van der Waals surface area (Å²) in [6.45, 7) is 4.10. The zero-order valence-corrected chi connectivity index (χ0v) is 17.3. The van der Waals surface area contributed by atoms with Crippen LogP contribution in [0.15, 0.2) is 24.3 Å². The molecule has 0 saturated heterocycles. The van der Waals surface area contributed by atoms with Crippen LogP contribution >= 0.6 is 0 Å². The van der Waals surface area contributed by atoms with Gasteiger partial charge in [-0.15, -0.1) is 0 Å². The first-order valence-corrected chi connectivity index (χ1v) is 9.16. The molecule has 0 fully saturated rings. The Balaban J connectivity index is 1.97. The highest BCUT2D eigenvalue weighted by atomic mass is 16.5. The number of rotatable bonds is 6. The first-order valence-electron chi connectivity index (χ1n) is 9.16. The minimum absolute atomic E-state index is 0.0214. The van der Waals surface area contributed by atoms with E-state index in [1.807, 2.05) is 43.1 Å². The maximum absolute atomic E-state index is 12.2. The van der Waals surface area contributed by atoms with Crippen molar-refractivity contribution in [2.45, 2.75) is 20.5 Å². The zero-order chi connectivity index (χ0) is 21.1. The molecule has 1 aromatic carbocycles. The molecule has 9 nitrogen and oxygen atoms in total. The van der Waals surface area contributed by atoms with E-state index in [2.05, 4.69) is 15.0 Å². The third-order valence-corrected chi connectivity index (χ3v) is 4.44. The van der Waals surface area contributed by atoms with E-state index in [4.69, 9.17) is 15.5 Å². The predicted octanol–water partition coefficient (Wildman–Crippen LogP) is 1.72. The Labute approximate surface area is 169 Å². The van der Waals surface area contributed by atoms with Crippen LogP contribution in [0.2, 0.25) is 0 Å². The Morgan fingerprint density at radius 3 is 2.55 bits per heavy atom. The second kappa shape index (κ2) is 8.26. The highest BCUT2D eigenvalue weighted by Crippen LogP contribution is 2.26. The first-order chi connectivity index (χ1) is 13.7. The summed E-state index contributed by atoms with van der Waals surface area (Å²) in [5, 5.41) is 0.992. The summed E-state index contributed by atoms with van der Waals surface area (Å²) in [6.07, 6.45) is 0. The second-order valence-electron chi connectivity index (χ2n) is 7.07. The summed E-state index contributed by atoms with van der Waals surface area (Å²) in [6, 6.07) is 8.16. The first kappa shape index (κ1) is 20.2. The molecule has 3 aromatic rings. The monoisotopic (exact) mass is 395 g/mol. The van der Waals surface area contributed by atoms with E-state index in [9.17, 15) is 4.79 Å². The lowest BCUT2D eigenvalue weighted by molar-refractivity contribution is -0.127. The molecule has 9 heteroatoms. The Hall–Kier alpha value is -3.49. The summed E-state index contributed by atoms with van der Waals surface area (Å²) in [5.74, 6) is 1.23. The molecule has 0 unspecified atom stereocenters. The van der Waals surface area contributed by atoms with Crippen molar-refractivity contribution in [3.05, 3.63) is 41.2 Å². The third-order valence-electron chi connectivity index (χ3n) is 4.44. The lowest BCUT2D eigenvalue weighted by Crippen LogP contribution is -2.35. The Bertz CT molecular complexity index is 1030. The van der Waals surface area contributed by atoms with Crippen molar-refractivity contribution in [2.24, 2.45) is 0 Å². The largest absolute Gasteiger partial charge is 0.458 e. The molecule has 3 rings (SSSR count). The number of aromatic nitrogens is 4. The summed E-state index contributed by atoms with van der Waals surface area (Å²) < 4.78 is 5.77. The average molecular weight is 395 g/mol. The molecule has 0 bridgehead atoms. The number of nitrogens with two attached hydrogens (primary N) is 1. The minimum atomic E-state index is -0.0214. The van der Waals surface area contributed by atoms with Gasteiger partial charge in [0.25, 0.3) is 0 Å². The van der Waals surface area contributed by atoms with Crippen molar-refractivity contribution < 1.29 is 9.53 Å². The highest BCUT2D eigenvalue weighted by molar-refractivity contribution is 5.86. The van der Waals surface area contributed by atoms with E-state index < -0.39 is 0 Å². The van der Waals surface area contributed by atoms with Gasteiger partial charge in [0.2, 0.25) is 11.9 Å². The normalized spacial score (nSPS) is 10.8. The van der Waals surface area contributed by atoms with Crippen LogP contribution in [0.3, 0.4) is 0 Å². The fraction of sp³-hybridized carbons (Fsp3) is 0.350. The minimum Gasteiger partial charge on any atom is -0.458 e. The van der Waals surface area contributed by atoms with Gasteiger partial charge < -0.3 is 20.3 Å². The summed E-state index contributed by atoms with van der Waals surface area (Å²) >= 11 is 0. The number of anilines is 2. The van der Waals surface area contributed by atoms with Gasteiger partial charge in [0.05, 0.1) is 12.1 Å². The Morgan fingerprint density at radius 1 is 1.10 bits per heavy atom. The number of aryl methyl sites for hydroxylation is 2. The quantitative estimate of drug-likeness (QED) is 0.672. The van der Waals surface area contributed by atoms with Gasteiger partial charge in [0.15, 0.2) is 0 Å². The number of carbonyl (C=O) groups excluding carboxylic acids is 1. The third kappa shape index (κ3) is 4.68. The molecule has 0 spiro atoms. The molecule has 0 aliphatic heterocycles. The number of pyridine rings is 1. The van der Waals surface area contributed by atoms with Gasteiger partial charge in [-0.1, -0.05) is 18.2 Å². The van der Waals surface area contributed by atoms with Crippen molar-refractivity contribution in [1.82, 2.24) is 24.8 Å². The second-order valence-corrected chi connectivity index (χ2v) is 7.07. The molecule has 2 N–H and O–H groups in total. The van der Waals surface area contributed by atoms with Gasteiger partial charge in [-0.05, 0) is 25.5 Å². The number of ether oxygens (including phenoxy) is 1. The fourth-order valence-electron chi connectivity index (χ4n) is 2.92. The van der Waals surface area contributed by atoms with E-state index in [0.717, 1.165) is 22.0 Å². The van der Waals surface area contributed by atoms with E-state index in [1.54, 1.807) is 25.9 Å². The smallest absolute Gasteiger partial charge is 0.321 e. The van der Waals surface area contributed by atoms with Crippen LogP contribution < -0.4 is 15.4 Å². The SMILES string of the molecule is Cc1nc(N)nc(OCc2cc3cccc(C)c3nc2N(C)CC(=O)N(C)C)n1. The van der Waals surface area contributed by atoms with E-state index in [0.29, 0.717) is 11.6 Å². The maximum atomic E-state index is 12.2. The number of para-hydroxylation sites is 1. The summed E-state index contributed by atoms with van der Waals surface area (Å²) in [4.78, 5) is 32.5. The molecular weight excluding hydrogens is 370 g/mol. The zero-order valence-electron chi connectivity index (χ0n) is 17.3. The summed E-state index contributed by atoms with van der Waals surface area (Å²) in [7, 11) is 5.29. The molecule has 0 atom stereocenters. The van der Waals surface area contributed by atoms with Crippen LogP contribution in [0, 0.1) is 13.8 Å². The molecular formula is C20H25N7O2. The number of benzene rings is 1. The van der Waals surface area contributed by atoms with Crippen LogP contribution in [-0.4, -0.2) is 58.4 Å². The number of fused-ring (bicyclic) bond motifs is 1. The number of hydrogen-bond acceptors (Lipinski definition) is 8. The maximum Gasteiger partial charge on any atom is 0.321 e. The number of nitrogen functional groups attached to an aromatic ring is 1. The number of carbonyl (C=O) groups is 1. The molecule has 152 valence electrons. The number of hydrogen-bond donors (Lipinski definition) is 1.